The highest BCUT2D eigenvalue weighted by molar-refractivity contribution is 7.91. The Balaban J connectivity index is 1.82. The molecule has 1 aromatic carbocycles. The summed E-state index contributed by atoms with van der Waals surface area (Å²) in [6.45, 7) is 5.47. The third kappa shape index (κ3) is 5.90. The molecule has 170 valence electrons. The van der Waals surface area contributed by atoms with Crippen molar-refractivity contribution in [2.24, 2.45) is 7.05 Å². The SMILES string of the molecule is CC(C)c1cc(Cl)cc(NC(=O)NS(=O)(=O)N(c2cnn(C)c2)C2CCCN(C)C2)c1. The second-order valence-electron chi connectivity index (χ2n) is 8.22. The number of benzene rings is 1. The van der Waals surface area contributed by atoms with Crippen LogP contribution in [0.15, 0.2) is 30.6 Å². The van der Waals surface area contributed by atoms with Gasteiger partial charge in [-0.05, 0) is 56.1 Å². The van der Waals surface area contributed by atoms with Crippen molar-refractivity contribution in [2.75, 3.05) is 29.8 Å². The van der Waals surface area contributed by atoms with Gasteiger partial charge in [-0.25, -0.2) is 13.8 Å². The number of urea groups is 1. The molecular formula is C20H29ClN6O3S. The van der Waals surface area contributed by atoms with Gasteiger partial charge in [-0.3, -0.25) is 4.68 Å². The zero-order chi connectivity index (χ0) is 22.8. The van der Waals surface area contributed by atoms with Crippen LogP contribution in [-0.4, -0.2) is 55.3 Å². The average Bonchev–Trinajstić information content (AvgIpc) is 3.06. The Kier molecular flexibility index (Phi) is 7.13. The first-order valence-electron chi connectivity index (χ1n) is 10.2. The zero-order valence-corrected chi connectivity index (χ0v) is 19.7. The third-order valence-corrected chi connectivity index (χ3v) is 6.89. The quantitative estimate of drug-likeness (QED) is 0.678. The van der Waals surface area contributed by atoms with Crippen LogP contribution in [-0.2, 0) is 17.3 Å². The number of aryl methyl sites for hydroxylation is 1. The van der Waals surface area contributed by atoms with E-state index in [1.165, 1.54) is 15.2 Å². The number of anilines is 2. The van der Waals surface area contributed by atoms with Crippen molar-refractivity contribution in [3.8, 4) is 0 Å². The maximum Gasteiger partial charge on any atom is 0.334 e. The lowest BCUT2D eigenvalue weighted by Crippen LogP contribution is -2.54. The van der Waals surface area contributed by atoms with Crippen molar-refractivity contribution in [3.63, 3.8) is 0 Å². The Morgan fingerprint density at radius 2 is 2.03 bits per heavy atom. The second-order valence-corrected chi connectivity index (χ2v) is 10.2. The fraction of sp³-hybridized carbons (Fsp3) is 0.500. The first-order chi connectivity index (χ1) is 14.5. The minimum Gasteiger partial charge on any atom is -0.307 e. The van der Waals surface area contributed by atoms with Gasteiger partial charge >= 0.3 is 16.2 Å². The van der Waals surface area contributed by atoms with E-state index in [9.17, 15) is 13.2 Å². The van der Waals surface area contributed by atoms with Gasteiger partial charge in [0.2, 0.25) is 0 Å². The Labute approximate surface area is 188 Å². The maximum absolute atomic E-state index is 13.3. The first kappa shape index (κ1) is 23.4. The van der Waals surface area contributed by atoms with Crippen LogP contribution in [0.1, 0.15) is 38.2 Å². The number of likely N-dealkylation sites (tertiary alicyclic amines) is 1. The van der Waals surface area contributed by atoms with Gasteiger partial charge in [0, 0.05) is 30.5 Å². The van der Waals surface area contributed by atoms with E-state index in [1.807, 2.05) is 27.0 Å². The summed E-state index contributed by atoms with van der Waals surface area (Å²) in [7, 11) is -0.517. The summed E-state index contributed by atoms with van der Waals surface area (Å²) in [5.41, 5.74) is 1.77. The lowest BCUT2D eigenvalue weighted by Gasteiger charge is -2.37. The van der Waals surface area contributed by atoms with E-state index in [2.05, 4.69) is 20.0 Å². The number of nitrogens with one attached hydrogen (secondary N) is 2. The standard InChI is InChI=1S/C20H29ClN6O3S/c1-14(2)15-8-16(21)10-17(9-15)23-20(28)24-31(29,30)27(19-11-22-26(4)13-19)18-6-5-7-25(3)12-18/h8-11,13-14,18H,5-7,12H2,1-4H3,(H2,23,24,28). The van der Waals surface area contributed by atoms with E-state index >= 15 is 0 Å². The van der Waals surface area contributed by atoms with Gasteiger partial charge in [0.05, 0.1) is 17.9 Å². The molecule has 2 aromatic rings. The molecule has 0 aliphatic carbocycles. The molecule has 0 bridgehead atoms. The van der Waals surface area contributed by atoms with Crippen molar-refractivity contribution in [1.29, 1.82) is 0 Å². The van der Waals surface area contributed by atoms with Crippen LogP contribution in [0.25, 0.3) is 0 Å². The van der Waals surface area contributed by atoms with E-state index < -0.39 is 16.2 Å². The molecule has 2 amide bonds. The highest BCUT2D eigenvalue weighted by Gasteiger charge is 2.34. The maximum atomic E-state index is 13.3. The number of carbonyl (C=O) groups excluding carboxylic acids is 1. The largest absolute Gasteiger partial charge is 0.334 e. The van der Waals surface area contributed by atoms with Crippen molar-refractivity contribution in [3.05, 3.63) is 41.2 Å². The smallest absolute Gasteiger partial charge is 0.307 e. The zero-order valence-electron chi connectivity index (χ0n) is 18.2. The highest BCUT2D eigenvalue weighted by Crippen LogP contribution is 2.26. The van der Waals surface area contributed by atoms with Crippen molar-refractivity contribution in [2.45, 2.75) is 38.6 Å². The summed E-state index contributed by atoms with van der Waals surface area (Å²) in [5.74, 6) is 0.204. The van der Waals surface area contributed by atoms with E-state index in [4.69, 9.17) is 11.6 Å². The molecule has 31 heavy (non-hydrogen) atoms. The summed E-state index contributed by atoms with van der Waals surface area (Å²) in [5, 5.41) is 7.15. The van der Waals surface area contributed by atoms with Crippen LogP contribution in [0.3, 0.4) is 0 Å². The summed E-state index contributed by atoms with van der Waals surface area (Å²) in [6, 6.07) is 4.00. The number of aromatic nitrogens is 2. The van der Waals surface area contributed by atoms with E-state index in [-0.39, 0.29) is 12.0 Å². The van der Waals surface area contributed by atoms with Gasteiger partial charge in [-0.15, -0.1) is 0 Å². The normalized spacial score (nSPS) is 17.5. The molecule has 1 aromatic heterocycles. The number of piperidine rings is 1. The number of halogens is 1. The number of likely N-dealkylation sites (N-methyl/N-ethyl adjacent to an activating group) is 1. The third-order valence-electron chi connectivity index (χ3n) is 5.20. The fourth-order valence-electron chi connectivity index (χ4n) is 3.74. The monoisotopic (exact) mass is 468 g/mol. The number of hydrogen-bond acceptors (Lipinski definition) is 5. The number of rotatable bonds is 6. The number of nitrogens with zero attached hydrogens (tertiary/aromatic N) is 4. The molecule has 3 rings (SSSR count). The van der Waals surface area contributed by atoms with E-state index in [0.717, 1.165) is 18.5 Å². The highest BCUT2D eigenvalue weighted by atomic mass is 35.5. The van der Waals surface area contributed by atoms with Gasteiger partial charge in [0.15, 0.2) is 0 Å². The molecule has 1 saturated heterocycles. The van der Waals surface area contributed by atoms with Crippen molar-refractivity contribution >= 4 is 39.2 Å². The lowest BCUT2D eigenvalue weighted by molar-refractivity contribution is 0.251. The fourth-order valence-corrected chi connectivity index (χ4v) is 5.30. The molecule has 0 spiro atoms. The van der Waals surface area contributed by atoms with Crippen LogP contribution < -0.4 is 14.3 Å². The minimum absolute atomic E-state index is 0.204. The van der Waals surface area contributed by atoms with Crippen molar-refractivity contribution < 1.29 is 13.2 Å². The lowest BCUT2D eigenvalue weighted by atomic mass is 10.0. The molecule has 1 aliphatic heterocycles. The molecule has 2 N–H and O–H groups in total. The Hall–Kier alpha value is -2.30. The number of amides is 2. The predicted molar refractivity (Wildman–Crippen MR) is 123 cm³/mol. The Bertz CT molecular complexity index is 1040. The molecule has 1 aliphatic rings. The average molecular weight is 469 g/mol. The topological polar surface area (TPSA) is 99.6 Å². The van der Waals surface area contributed by atoms with Gasteiger partial charge in [-0.1, -0.05) is 25.4 Å². The number of hydrogen-bond donors (Lipinski definition) is 2. The second kappa shape index (κ2) is 9.46. The van der Waals surface area contributed by atoms with E-state index in [1.54, 1.807) is 25.4 Å². The van der Waals surface area contributed by atoms with Crippen LogP contribution in [0.2, 0.25) is 5.02 Å². The van der Waals surface area contributed by atoms with Crippen LogP contribution in [0.5, 0.6) is 0 Å². The van der Waals surface area contributed by atoms with E-state index in [0.29, 0.717) is 29.4 Å². The molecule has 1 atom stereocenters. The number of carbonyl (C=O) groups is 1. The summed E-state index contributed by atoms with van der Waals surface area (Å²) < 4.78 is 31.5. The molecule has 9 nitrogen and oxygen atoms in total. The molecule has 11 heteroatoms. The van der Waals surface area contributed by atoms with Gasteiger partial charge < -0.3 is 10.2 Å². The Morgan fingerprint density at radius 1 is 1.29 bits per heavy atom. The van der Waals surface area contributed by atoms with Crippen LogP contribution >= 0.6 is 11.6 Å². The molecule has 2 heterocycles. The predicted octanol–water partition coefficient (Wildman–Crippen LogP) is 3.16. The molecule has 1 fully saturated rings. The molecule has 0 saturated carbocycles. The first-order valence-corrected chi connectivity index (χ1v) is 12.0. The molecule has 1 unspecified atom stereocenters. The van der Waals surface area contributed by atoms with Crippen molar-refractivity contribution in [1.82, 2.24) is 19.4 Å². The molecule has 0 radical (unpaired) electrons. The molecular weight excluding hydrogens is 440 g/mol. The summed E-state index contributed by atoms with van der Waals surface area (Å²) in [4.78, 5) is 14.7. The minimum atomic E-state index is -4.18. The van der Waals surface area contributed by atoms with Crippen LogP contribution in [0.4, 0.5) is 16.2 Å². The van der Waals surface area contributed by atoms with Gasteiger partial charge in [-0.2, -0.15) is 13.5 Å². The van der Waals surface area contributed by atoms with Crippen LogP contribution in [0, 0.1) is 0 Å². The van der Waals surface area contributed by atoms with Gasteiger partial charge in [0.1, 0.15) is 0 Å². The Morgan fingerprint density at radius 3 is 2.65 bits per heavy atom. The summed E-state index contributed by atoms with van der Waals surface area (Å²) in [6.07, 6.45) is 4.66. The van der Waals surface area contributed by atoms with Gasteiger partial charge in [0.25, 0.3) is 0 Å². The summed E-state index contributed by atoms with van der Waals surface area (Å²) >= 11 is 6.15.